The summed E-state index contributed by atoms with van der Waals surface area (Å²) in [6.45, 7) is 16.5. The summed E-state index contributed by atoms with van der Waals surface area (Å²) in [6, 6.07) is 15.1. The normalized spacial score (nSPS) is 30.7. The minimum atomic E-state index is -2.01. The predicted octanol–water partition coefficient (Wildman–Crippen LogP) is 5.65. The molecule has 17 heteroatoms. The van der Waals surface area contributed by atoms with Crippen molar-refractivity contribution in [1.29, 1.82) is 0 Å². The molecule has 1 amide bonds. The van der Waals surface area contributed by atoms with Crippen LogP contribution in [0.1, 0.15) is 111 Å². The van der Waals surface area contributed by atoms with Gasteiger partial charge in [0.25, 0.3) is 0 Å². The Morgan fingerprint density at radius 2 is 1.36 bits per heavy atom. The highest BCUT2D eigenvalue weighted by atomic mass is 16.6. The molecule has 4 aliphatic rings. The van der Waals surface area contributed by atoms with E-state index in [1.165, 1.54) is 20.8 Å². The maximum Gasteiger partial charge on any atom is 0.408 e. The molecule has 66 heavy (non-hydrogen) atoms. The number of fused-ring (bicyclic) bond motifs is 5. The average Bonchev–Trinajstić information content (AvgIpc) is 3.21. The SMILES string of the molecule is CC(=O)O[C@@H]1C2=C(C)[C@@H](OC(=O)[C@H](O)[C@@H](NC(=O)OC(C)(C)C)c3ccccc3)C[C@@H]([C@@H](OC(=O)c3ccccc3)[C@@H]3[C@]4(OC(C)=O)CO[C@@H]4C[C@H](OC(C)=O)[C@@]3(C)[C@H]1OC(C)=O)C2(C)C. The molecule has 1 heterocycles. The van der Waals surface area contributed by atoms with Crippen molar-refractivity contribution in [2.45, 2.75) is 149 Å². The summed E-state index contributed by atoms with van der Waals surface area (Å²) in [5.41, 5.74) is -4.20. The Morgan fingerprint density at radius 3 is 1.89 bits per heavy atom. The summed E-state index contributed by atoms with van der Waals surface area (Å²) in [5.74, 6) is -7.11. The number of aliphatic hydroxyl groups is 1. The molecule has 17 nitrogen and oxygen atoms in total. The molecule has 2 bridgehead atoms. The first kappa shape index (κ1) is 49.6. The molecule has 358 valence electrons. The number of hydrogen-bond acceptors (Lipinski definition) is 16. The maximum atomic E-state index is 14.5. The number of aliphatic hydroxyl groups excluding tert-OH is 1. The first-order valence-electron chi connectivity index (χ1n) is 22.0. The van der Waals surface area contributed by atoms with Crippen LogP contribution >= 0.6 is 0 Å². The number of carbonyl (C=O) groups is 7. The molecular formula is C49H61NO16. The van der Waals surface area contributed by atoms with Gasteiger partial charge in [-0.15, -0.1) is 0 Å². The van der Waals surface area contributed by atoms with Crippen LogP contribution in [0, 0.1) is 22.7 Å². The molecule has 2 aromatic carbocycles. The first-order valence-corrected chi connectivity index (χ1v) is 22.0. The standard InChI is InChI=1S/C49H61NO16/c1-25-33(63-44(57)38(55)37(30-18-14-12-15-19-30)50-45(58)66-46(6,7)8)22-32-39(64-43(56)31-20-16-13-17-21-31)41-48(11,34(60-26(2)51)23-35-49(41,24-59-35)65-29(5)54)42(62-28(4)53)40(61-27(3)52)36(25)47(32,9)10/h12-21,32-35,37-42,55H,22-24H2,1-11H3,(H,50,58)/t32-,33-,34-,35+,37-,38+,39+,40+,41-,42-,48+,49-/m0/s1. The quantitative estimate of drug-likeness (QED) is 0.158. The van der Waals surface area contributed by atoms with E-state index in [2.05, 4.69) is 5.32 Å². The van der Waals surface area contributed by atoms with E-state index in [0.717, 1.165) is 6.92 Å². The molecule has 2 aromatic rings. The topological polar surface area (TPSA) is 226 Å². The summed E-state index contributed by atoms with van der Waals surface area (Å²) in [6.07, 6.45) is -10.8. The Balaban J connectivity index is 1.59. The van der Waals surface area contributed by atoms with Gasteiger partial charge in [0.05, 0.1) is 29.5 Å². The molecule has 0 radical (unpaired) electrons. The molecule has 0 unspecified atom stereocenters. The molecule has 1 aliphatic heterocycles. The molecule has 2 saturated carbocycles. The lowest BCUT2D eigenvalue weighted by Crippen LogP contribution is -2.80. The lowest BCUT2D eigenvalue weighted by atomic mass is 9.45. The van der Waals surface area contributed by atoms with E-state index in [9.17, 15) is 38.7 Å². The largest absolute Gasteiger partial charge is 0.462 e. The van der Waals surface area contributed by atoms with E-state index >= 15 is 0 Å². The van der Waals surface area contributed by atoms with E-state index in [4.69, 9.17) is 37.9 Å². The van der Waals surface area contributed by atoms with Crippen LogP contribution in [0.5, 0.6) is 0 Å². The van der Waals surface area contributed by atoms with E-state index in [0.29, 0.717) is 16.7 Å². The monoisotopic (exact) mass is 919 g/mol. The van der Waals surface area contributed by atoms with Crippen LogP contribution in [0.2, 0.25) is 0 Å². The number of rotatable bonds is 11. The Morgan fingerprint density at radius 1 is 0.773 bits per heavy atom. The van der Waals surface area contributed by atoms with Crippen molar-refractivity contribution in [2.75, 3.05) is 6.61 Å². The molecule has 1 saturated heterocycles. The van der Waals surface area contributed by atoms with Gasteiger partial charge in [-0.3, -0.25) is 19.2 Å². The van der Waals surface area contributed by atoms with Gasteiger partial charge in [-0.05, 0) is 68.4 Å². The first-order chi connectivity index (χ1) is 30.8. The van der Waals surface area contributed by atoms with E-state index in [1.807, 2.05) is 13.8 Å². The number of nitrogens with one attached hydrogen (secondary N) is 1. The Hall–Kier alpha value is -5.81. The molecule has 6 rings (SSSR count). The number of ether oxygens (including phenoxy) is 8. The van der Waals surface area contributed by atoms with Crippen molar-refractivity contribution in [3.05, 3.63) is 82.9 Å². The number of esters is 6. The van der Waals surface area contributed by atoms with Gasteiger partial charge in [-0.2, -0.15) is 0 Å². The third kappa shape index (κ3) is 9.68. The third-order valence-corrected chi connectivity index (χ3v) is 13.4. The summed E-state index contributed by atoms with van der Waals surface area (Å²) < 4.78 is 49.5. The van der Waals surface area contributed by atoms with Crippen molar-refractivity contribution in [3.8, 4) is 0 Å². The van der Waals surface area contributed by atoms with Gasteiger partial charge in [-0.1, -0.05) is 69.3 Å². The predicted molar refractivity (Wildman–Crippen MR) is 232 cm³/mol. The minimum absolute atomic E-state index is 0.0616. The van der Waals surface area contributed by atoms with Gasteiger partial charge in [0, 0.05) is 40.0 Å². The van der Waals surface area contributed by atoms with Crippen LogP contribution in [0.4, 0.5) is 4.79 Å². The Labute approximate surface area is 384 Å². The lowest BCUT2D eigenvalue weighted by molar-refractivity contribution is -0.355. The molecule has 3 aliphatic carbocycles. The summed E-state index contributed by atoms with van der Waals surface area (Å²) >= 11 is 0. The second-order valence-electron chi connectivity index (χ2n) is 19.4. The number of alkyl carbamates (subject to hydrolysis) is 1. The van der Waals surface area contributed by atoms with Gasteiger partial charge in [-0.25, -0.2) is 14.4 Å². The highest BCUT2D eigenvalue weighted by molar-refractivity contribution is 5.89. The van der Waals surface area contributed by atoms with Crippen LogP contribution < -0.4 is 5.32 Å². The maximum absolute atomic E-state index is 14.5. The molecule has 3 fully saturated rings. The van der Waals surface area contributed by atoms with Gasteiger partial charge < -0.3 is 48.3 Å². The van der Waals surface area contributed by atoms with E-state index in [-0.39, 0.29) is 25.0 Å². The highest BCUT2D eigenvalue weighted by Gasteiger charge is 2.77. The molecular weight excluding hydrogens is 859 g/mol. The average molecular weight is 920 g/mol. The van der Waals surface area contributed by atoms with Crippen molar-refractivity contribution in [2.24, 2.45) is 22.7 Å². The van der Waals surface area contributed by atoms with Gasteiger partial charge in [0.15, 0.2) is 23.9 Å². The van der Waals surface area contributed by atoms with Gasteiger partial charge in [0.2, 0.25) is 0 Å². The highest BCUT2D eigenvalue weighted by Crippen LogP contribution is 2.65. The zero-order valence-corrected chi connectivity index (χ0v) is 39.2. The van der Waals surface area contributed by atoms with Crippen molar-refractivity contribution >= 4 is 41.9 Å². The summed E-state index contributed by atoms with van der Waals surface area (Å²) in [7, 11) is 0. The number of benzene rings is 2. The second kappa shape index (κ2) is 18.8. The van der Waals surface area contributed by atoms with Crippen molar-refractivity contribution in [1.82, 2.24) is 5.32 Å². The Kier molecular flexibility index (Phi) is 14.2. The van der Waals surface area contributed by atoms with Crippen LogP contribution in [-0.4, -0.2) is 108 Å². The van der Waals surface area contributed by atoms with Gasteiger partial charge in [0.1, 0.15) is 30.0 Å². The minimum Gasteiger partial charge on any atom is -0.462 e. The number of carbonyl (C=O) groups excluding carboxylic acids is 7. The smallest absolute Gasteiger partial charge is 0.408 e. The molecule has 12 atom stereocenters. The fraction of sp³-hybridized carbons (Fsp3) is 0.571. The van der Waals surface area contributed by atoms with Crippen LogP contribution in [0.15, 0.2) is 71.8 Å². The zero-order chi connectivity index (χ0) is 48.7. The van der Waals surface area contributed by atoms with Crippen molar-refractivity contribution < 1.29 is 76.6 Å². The lowest BCUT2D eigenvalue weighted by Gasteiger charge is -2.68. The third-order valence-electron chi connectivity index (χ3n) is 13.4. The van der Waals surface area contributed by atoms with E-state index in [1.54, 1.807) is 95.3 Å². The number of amides is 1. The molecule has 2 N–H and O–H groups in total. The second-order valence-corrected chi connectivity index (χ2v) is 19.4. The van der Waals surface area contributed by atoms with Crippen LogP contribution in [0.25, 0.3) is 0 Å². The van der Waals surface area contributed by atoms with Crippen LogP contribution in [-0.2, 0) is 61.9 Å². The fourth-order valence-electron chi connectivity index (χ4n) is 10.8. The molecule has 0 aromatic heterocycles. The van der Waals surface area contributed by atoms with Gasteiger partial charge >= 0.3 is 41.9 Å². The van der Waals surface area contributed by atoms with Crippen LogP contribution in [0.3, 0.4) is 0 Å². The summed E-state index contributed by atoms with van der Waals surface area (Å²) in [4.78, 5) is 95.3. The number of hydrogen-bond donors (Lipinski definition) is 2. The van der Waals surface area contributed by atoms with E-state index < -0.39 is 125 Å². The fourth-order valence-corrected chi connectivity index (χ4v) is 10.8. The Bertz CT molecular complexity index is 2230. The zero-order valence-electron chi connectivity index (χ0n) is 39.2. The molecule has 0 spiro atoms. The summed E-state index contributed by atoms with van der Waals surface area (Å²) in [5, 5.41) is 14.4. The van der Waals surface area contributed by atoms with Crippen molar-refractivity contribution in [3.63, 3.8) is 0 Å².